The summed E-state index contributed by atoms with van der Waals surface area (Å²) in [5.74, 6) is 0. The number of rotatable bonds is 17. The van der Waals surface area contributed by atoms with E-state index in [1.54, 1.807) is 12.1 Å². The van der Waals surface area contributed by atoms with Gasteiger partial charge in [0.05, 0.1) is 18.8 Å². The molecule has 0 spiro atoms. The van der Waals surface area contributed by atoms with Crippen LogP contribution < -0.4 is 11.1 Å². The van der Waals surface area contributed by atoms with Crippen LogP contribution in [0.2, 0.25) is 0 Å². The highest BCUT2D eigenvalue weighted by Gasteiger charge is 2.19. The molecule has 156 valence electrons. The molecular formula is C23H42N2O2. The number of aliphatic hydroxyl groups excluding tert-OH is 2. The van der Waals surface area contributed by atoms with Crippen molar-refractivity contribution in [2.75, 3.05) is 18.9 Å². The van der Waals surface area contributed by atoms with Gasteiger partial charge >= 0.3 is 0 Å². The molecule has 4 heteroatoms. The number of anilines is 1. The largest absolute Gasteiger partial charge is 0.399 e. The number of hydrogen-bond acceptors (Lipinski definition) is 4. The van der Waals surface area contributed by atoms with Gasteiger partial charge in [0.1, 0.15) is 0 Å². The van der Waals surface area contributed by atoms with E-state index in [1.165, 1.54) is 70.6 Å². The molecule has 4 nitrogen and oxygen atoms in total. The summed E-state index contributed by atoms with van der Waals surface area (Å²) < 4.78 is 0. The Bertz CT molecular complexity index is 450. The van der Waals surface area contributed by atoms with Crippen LogP contribution in [0.3, 0.4) is 0 Å². The lowest BCUT2D eigenvalue weighted by Crippen LogP contribution is -2.38. The van der Waals surface area contributed by atoms with Crippen LogP contribution in [0.15, 0.2) is 24.3 Å². The summed E-state index contributed by atoms with van der Waals surface area (Å²) >= 11 is 0. The van der Waals surface area contributed by atoms with Gasteiger partial charge in [-0.25, -0.2) is 0 Å². The average molecular weight is 379 g/mol. The third kappa shape index (κ3) is 11.4. The van der Waals surface area contributed by atoms with Gasteiger partial charge in [-0.05, 0) is 30.7 Å². The Morgan fingerprint density at radius 2 is 1.30 bits per heavy atom. The number of aliphatic hydroxyl groups is 2. The fourth-order valence-electron chi connectivity index (χ4n) is 3.45. The summed E-state index contributed by atoms with van der Waals surface area (Å²) in [5, 5.41) is 23.2. The summed E-state index contributed by atoms with van der Waals surface area (Å²) in [4.78, 5) is 0. The van der Waals surface area contributed by atoms with Crippen LogP contribution in [0, 0.1) is 0 Å². The normalized spacial score (nSPS) is 13.6. The minimum absolute atomic E-state index is 0.0796. The van der Waals surface area contributed by atoms with Crippen molar-refractivity contribution in [1.29, 1.82) is 0 Å². The molecule has 0 saturated carbocycles. The summed E-state index contributed by atoms with van der Waals surface area (Å²) in [6.07, 6.45) is 15.3. The third-order valence-corrected chi connectivity index (χ3v) is 5.29. The van der Waals surface area contributed by atoms with Crippen LogP contribution >= 0.6 is 0 Å². The van der Waals surface area contributed by atoms with Crippen molar-refractivity contribution >= 4 is 5.69 Å². The maximum absolute atomic E-state index is 10.4. The molecule has 0 bridgehead atoms. The molecule has 1 rings (SSSR count). The Hall–Kier alpha value is -1.10. The third-order valence-electron chi connectivity index (χ3n) is 5.29. The van der Waals surface area contributed by atoms with E-state index in [1.807, 2.05) is 12.1 Å². The van der Waals surface area contributed by atoms with Crippen molar-refractivity contribution in [2.24, 2.45) is 0 Å². The fraction of sp³-hybridized carbons (Fsp3) is 0.739. The molecule has 0 aromatic heterocycles. The standard InChI is InChI=1S/C23H42N2O2/c1-2-3-4-5-6-7-8-9-10-11-12-13-18-25-22(19-26)23(27)20-14-16-21(24)17-15-20/h14-17,22-23,25-27H,2-13,18-19,24H2,1H3/t22-,23?/m1/s1. The smallest absolute Gasteiger partial charge is 0.0965 e. The van der Waals surface area contributed by atoms with Gasteiger partial charge in [-0.2, -0.15) is 0 Å². The number of benzene rings is 1. The van der Waals surface area contributed by atoms with Crippen molar-refractivity contribution in [3.8, 4) is 0 Å². The Labute approximate surface area is 166 Å². The Morgan fingerprint density at radius 1 is 0.815 bits per heavy atom. The van der Waals surface area contributed by atoms with E-state index in [-0.39, 0.29) is 12.6 Å². The predicted octanol–water partition coefficient (Wildman–Crippen LogP) is 4.95. The van der Waals surface area contributed by atoms with Crippen LogP contribution in [-0.2, 0) is 0 Å². The highest BCUT2D eigenvalue weighted by Crippen LogP contribution is 2.18. The molecule has 0 amide bonds. The number of nitrogen functional groups attached to an aromatic ring is 1. The van der Waals surface area contributed by atoms with Crippen molar-refractivity contribution in [1.82, 2.24) is 5.32 Å². The molecule has 2 atom stereocenters. The van der Waals surface area contributed by atoms with Crippen LogP contribution in [0.25, 0.3) is 0 Å². The summed E-state index contributed by atoms with van der Waals surface area (Å²) in [6.45, 7) is 3.01. The molecule has 0 radical (unpaired) electrons. The number of nitrogens with one attached hydrogen (secondary N) is 1. The van der Waals surface area contributed by atoms with Gasteiger partial charge in [-0.1, -0.05) is 89.7 Å². The first-order valence-corrected chi connectivity index (χ1v) is 11.1. The fourth-order valence-corrected chi connectivity index (χ4v) is 3.45. The van der Waals surface area contributed by atoms with Gasteiger partial charge in [0, 0.05) is 5.69 Å². The topological polar surface area (TPSA) is 78.5 Å². The molecular weight excluding hydrogens is 336 g/mol. The van der Waals surface area contributed by atoms with E-state index < -0.39 is 6.10 Å². The van der Waals surface area contributed by atoms with E-state index in [9.17, 15) is 10.2 Å². The zero-order valence-corrected chi connectivity index (χ0v) is 17.3. The maximum atomic E-state index is 10.4. The Kier molecular flexibility index (Phi) is 14.1. The minimum Gasteiger partial charge on any atom is -0.399 e. The van der Waals surface area contributed by atoms with E-state index >= 15 is 0 Å². The van der Waals surface area contributed by atoms with Gasteiger partial charge in [0.2, 0.25) is 0 Å². The highest BCUT2D eigenvalue weighted by molar-refractivity contribution is 5.40. The molecule has 0 aliphatic carbocycles. The second-order valence-electron chi connectivity index (χ2n) is 7.74. The first kappa shape index (κ1) is 23.9. The van der Waals surface area contributed by atoms with Crippen molar-refractivity contribution < 1.29 is 10.2 Å². The lowest BCUT2D eigenvalue weighted by atomic mass is 10.0. The SMILES string of the molecule is CCCCCCCCCCCCCCN[C@H](CO)C(O)c1ccc(N)cc1. The molecule has 5 N–H and O–H groups in total. The molecule has 0 aliphatic heterocycles. The van der Waals surface area contributed by atoms with Gasteiger partial charge in [0.25, 0.3) is 0 Å². The summed E-state index contributed by atoms with van der Waals surface area (Å²) in [6, 6.07) is 6.85. The Balaban J connectivity index is 2.00. The first-order valence-electron chi connectivity index (χ1n) is 11.1. The molecule has 0 heterocycles. The highest BCUT2D eigenvalue weighted by atomic mass is 16.3. The van der Waals surface area contributed by atoms with Crippen LogP contribution in [0.1, 0.15) is 95.6 Å². The Morgan fingerprint density at radius 3 is 1.78 bits per heavy atom. The molecule has 1 aromatic rings. The minimum atomic E-state index is -0.715. The van der Waals surface area contributed by atoms with Gasteiger partial charge in [-0.15, -0.1) is 0 Å². The number of unbranched alkanes of at least 4 members (excludes halogenated alkanes) is 11. The molecule has 0 saturated heterocycles. The lowest BCUT2D eigenvalue weighted by molar-refractivity contribution is 0.0899. The van der Waals surface area contributed by atoms with Gasteiger partial charge in [0.15, 0.2) is 0 Å². The molecule has 1 unspecified atom stereocenters. The monoisotopic (exact) mass is 378 g/mol. The molecule has 27 heavy (non-hydrogen) atoms. The van der Waals surface area contributed by atoms with Gasteiger partial charge < -0.3 is 21.3 Å². The van der Waals surface area contributed by atoms with Crippen molar-refractivity contribution in [3.05, 3.63) is 29.8 Å². The van der Waals surface area contributed by atoms with Crippen molar-refractivity contribution in [3.63, 3.8) is 0 Å². The first-order chi connectivity index (χ1) is 13.2. The van der Waals surface area contributed by atoms with Gasteiger partial charge in [-0.3, -0.25) is 0 Å². The van der Waals surface area contributed by atoms with E-state index in [4.69, 9.17) is 5.73 Å². The molecule has 1 aromatic carbocycles. The number of hydrogen-bond donors (Lipinski definition) is 4. The van der Waals surface area contributed by atoms with Crippen molar-refractivity contribution in [2.45, 2.75) is 96.1 Å². The molecule has 0 fully saturated rings. The average Bonchev–Trinajstić information content (AvgIpc) is 2.68. The lowest BCUT2D eigenvalue weighted by Gasteiger charge is -2.22. The maximum Gasteiger partial charge on any atom is 0.0965 e. The summed E-state index contributed by atoms with van der Waals surface area (Å²) in [5.41, 5.74) is 7.14. The second kappa shape index (κ2) is 15.9. The van der Waals surface area contributed by atoms with E-state index in [0.717, 1.165) is 18.5 Å². The van der Waals surface area contributed by atoms with E-state index in [0.29, 0.717) is 5.69 Å². The number of nitrogens with two attached hydrogens (primary N) is 1. The second-order valence-corrected chi connectivity index (χ2v) is 7.74. The summed E-state index contributed by atoms with van der Waals surface area (Å²) in [7, 11) is 0. The molecule has 0 aliphatic rings. The van der Waals surface area contributed by atoms with Crippen LogP contribution in [0.5, 0.6) is 0 Å². The van der Waals surface area contributed by atoms with E-state index in [2.05, 4.69) is 12.2 Å². The predicted molar refractivity (Wildman–Crippen MR) is 116 cm³/mol. The van der Waals surface area contributed by atoms with Crippen LogP contribution in [-0.4, -0.2) is 29.4 Å². The zero-order chi connectivity index (χ0) is 19.7. The quantitative estimate of drug-likeness (QED) is 0.228. The van der Waals surface area contributed by atoms with Crippen LogP contribution in [0.4, 0.5) is 5.69 Å². The zero-order valence-electron chi connectivity index (χ0n) is 17.3.